The maximum Gasteiger partial charge on any atom is 0.306 e. The van der Waals surface area contributed by atoms with Gasteiger partial charge in [-0.1, -0.05) is 218 Å². The van der Waals surface area contributed by atoms with Gasteiger partial charge in [0.2, 0.25) is 0 Å². The Morgan fingerprint density at radius 3 is 0.951 bits per heavy atom. The van der Waals surface area contributed by atoms with Crippen molar-refractivity contribution in [2.24, 2.45) is 0 Å². The normalized spacial score (nSPS) is 12.2. The van der Waals surface area contributed by atoms with Crippen LogP contribution in [0.25, 0.3) is 0 Å². The summed E-state index contributed by atoms with van der Waals surface area (Å²) < 4.78 is 16.8. The molecule has 0 fully saturated rings. The van der Waals surface area contributed by atoms with Gasteiger partial charge in [0.05, 0.1) is 0 Å². The minimum Gasteiger partial charge on any atom is -0.462 e. The zero-order valence-corrected chi connectivity index (χ0v) is 40.7. The van der Waals surface area contributed by atoms with E-state index in [2.05, 4.69) is 57.2 Å². The lowest BCUT2D eigenvalue weighted by molar-refractivity contribution is -0.167. The summed E-state index contributed by atoms with van der Waals surface area (Å²) in [5, 5.41) is 0. The van der Waals surface area contributed by atoms with Gasteiger partial charge in [-0.2, -0.15) is 0 Å². The first kappa shape index (κ1) is 58.6. The summed E-state index contributed by atoms with van der Waals surface area (Å²) in [6.45, 7) is 6.61. The summed E-state index contributed by atoms with van der Waals surface area (Å²) in [6, 6.07) is 0. The standard InChI is InChI=1S/C55H100O6/c1-4-7-10-13-16-19-22-24-26-27-29-30-33-36-39-42-45-48-54(57)60-51-52(50-59-53(56)47-44-41-38-35-32-21-18-15-12-9-6-3)61-55(58)49-46-43-40-37-34-31-28-25-23-20-17-14-11-8-5-2/h17,20,24-26,28,52H,4-16,18-19,21-23,27,29-51H2,1-3H3/b20-17+,26-24+,28-25+. The molecule has 0 radical (unpaired) electrons. The van der Waals surface area contributed by atoms with Crippen molar-refractivity contribution in [2.75, 3.05) is 13.2 Å². The van der Waals surface area contributed by atoms with E-state index in [9.17, 15) is 14.4 Å². The Kier molecular flexibility index (Phi) is 48.3. The summed E-state index contributed by atoms with van der Waals surface area (Å²) in [7, 11) is 0. The van der Waals surface area contributed by atoms with E-state index in [0.717, 1.165) is 83.5 Å². The molecule has 6 nitrogen and oxygen atoms in total. The van der Waals surface area contributed by atoms with Gasteiger partial charge in [0.15, 0.2) is 6.10 Å². The van der Waals surface area contributed by atoms with Crippen LogP contribution >= 0.6 is 0 Å². The number of ether oxygens (including phenoxy) is 3. The van der Waals surface area contributed by atoms with Gasteiger partial charge in [0.1, 0.15) is 13.2 Å². The monoisotopic (exact) mass is 857 g/mol. The first-order chi connectivity index (χ1) is 30.0. The van der Waals surface area contributed by atoms with Crippen molar-refractivity contribution < 1.29 is 28.6 Å². The molecule has 0 amide bonds. The summed E-state index contributed by atoms with van der Waals surface area (Å²) in [6.07, 6.45) is 58.4. The lowest BCUT2D eigenvalue weighted by Crippen LogP contribution is -2.30. The van der Waals surface area contributed by atoms with E-state index in [0.29, 0.717) is 19.3 Å². The van der Waals surface area contributed by atoms with E-state index >= 15 is 0 Å². The Morgan fingerprint density at radius 1 is 0.328 bits per heavy atom. The second-order valence-electron chi connectivity index (χ2n) is 17.8. The third-order valence-corrected chi connectivity index (χ3v) is 11.6. The quantitative estimate of drug-likeness (QED) is 0.0262. The van der Waals surface area contributed by atoms with E-state index in [1.54, 1.807) is 0 Å². The number of unbranched alkanes of at least 4 members (excludes halogenated alkanes) is 31. The predicted molar refractivity (Wildman–Crippen MR) is 261 cm³/mol. The van der Waals surface area contributed by atoms with Crippen molar-refractivity contribution in [1.29, 1.82) is 0 Å². The van der Waals surface area contributed by atoms with E-state index in [-0.39, 0.29) is 31.1 Å². The molecule has 1 atom stereocenters. The summed E-state index contributed by atoms with van der Waals surface area (Å²) in [5.74, 6) is -0.885. The van der Waals surface area contributed by atoms with Gasteiger partial charge in [-0.15, -0.1) is 0 Å². The van der Waals surface area contributed by atoms with Crippen LogP contribution in [0.5, 0.6) is 0 Å². The fourth-order valence-corrected chi connectivity index (χ4v) is 7.59. The average Bonchev–Trinajstić information content (AvgIpc) is 3.26. The van der Waals surface area contributed by atoms with Gasteiger partial charge in [-0.3, -0.25) is 14.4 Å². The van der Waals surface area contributed by atoms with Crippen molar-refractivity contribution in [1.82, 2.24) is 0 Å². The molecule has 356 valence electrons. The molecule has 61 heavy (non-hydrogen) atoms. The summed E-state index contributed by atoms with van der Waals surface area (Å²) >= 11 is 0. The van der Waals surface area contributed by atoms with Gasteiger partial charge in [0, 0.05) is 19.3 Å². The third kappa shape index (κ3) is 48.5. The molecule has 0 saturated heterocycles. The molecule has 0 aromatic rings. The minimum absolute atomic E-state index is 0.0764. The maximum atomic E-state index is 12.8. The molecule has 0 heterocycles. The Labute approximate surface area is 378 Å². The van der Waals surface area contributed by atoms with E-state index in [1.807, 2.05) is 0 Å². The molecule has 0 aromatic heterocycles. The van der Waals surface area contributed by atoms with Crippen LogP contribution < -0.4 is 0 Å². The second kappa shape index (κ2) is 50.3. The fourth-order valence-electron chi connectivity index (χ4n) is 7.59. The molecule has 0 bridgehead atoms. The number of hydrogen-bond donors (Lipinski definition) is 0. The highest BCUT2D eigenvalue weighted by Gasteiger charge is 2.19. The number of allylic oxidation sites excluding steroid dienone is 6. The SMILES string of the molecule is CCCCC/C=C/C/C=C/CCCCCCCC(=O)OC(COC(=O)CCCCCCCCC/C=C/CCCCCCCC)COC(=O)CCCCCCCCCCCCC. The van der Waals surface area contributed by atoms with Crippen LogP contribution in [0.1, 0.15) is 278 Å². The Bertz CT molecular complexity index is 1030. The molecular weight excluding hydrogens is 757 g/mol. The van der Waals surface area contributed by atoms with Gasteiger partial charge in [-0.05, 0) is 77.0 Å². The molecular formula is C55H100O6. The fraction of sp³-hybridized carbons (Fsp3) is 0.836. The zero-order valence-electron chi connectivity index (χ0n) is 40.7. The number of carbonyl (C=O) groups excluding carboxylic acids is 3. The van der Waals surface area contributed by atoms with Crippen LogP contribution in [0, 0.1) is 0 Å². The third-order valence-electron chi connectivity index (χ3n) is 11.6. The highest BCUT2D eigenvalue weighted by molar-refractivity contribution is 5.71. The van der Waals surface area contributed by atoms with Crippen LogP contribution in [0.2, 0.25) is 0 Å². The van der Waals surface area contributed by atoms with Crippen molar-refractivity contribution in [3.05, 3.63) is 36.5 Å². The van der Waals surface area contributed by atoms with Gasteiger partial charge in [-0.25, -0.2) is 0 Å². The summed E-state index contributed by atoms with van der Waals surface area (Å²) in [4.78, 5) is 38.0. The predicted octanol–water partition coefficient (Wildman–Crippen LogP) is 17.3. The largest absolute Gasteiger partial charge is 0.462 e. The molecule has 0 aromatic carbocycles. The molecule has 0 rings (SSSR count). The van der Waals surface area contributed by atoms with Crippen LogP contribution in [0.3, 0.4) is 0 Å². The van der Waals surface area contributed by atoms with Crippen molar-refractivity contribution in [3.63, 3.8) is 0 Å². The number of hydrogen-bond acceptors (Lipinski definition) is 6. The lowest BCUT2D eigenvalue weighted by Gasteiger charge is -2.18. The lowest BCUT2D eigenvalue weighted by atomic mass is 10.1. The molecule has 0 spiro atoms. The van der Waals surface area contributed by atoms with Crippen LogP contribution in [-0.4, -0.2) is 37.2 Å². The zero-order chi connectivity index (χ0) is 44.4. The number of carbonyl (C=O) groups is 3. The average molecular weight is 857 g/mol. The number of esters is 3. The Hall–Kier alpha value is -2.37. The Morgan fingerprint density at radius 2 is 0.590 bits per heavy atom. The van der Waals surface area contributed by atoms with Crippen LogP contribution in [-0.2, 0) is 28.6 Å². The highest BCUT2D eigenvalue weighted by Crippen LogP contribution is 2.15. The van der Waals surface area contributed by atoms with Crippen molar-refractivity contribution in [2.45, 2.75) is 284 Å². The van der Waals surface area contributed by atoms with Gasteiger partial charge in [0.25, 0.3) is 0 Å². The molecule has 1 unspecified atom stereocenters. The molecule has 0 saturated carbocycles. The summed E-state index contributed by atoms with van der Waals surface area (Å²) in [5.41, 5.74) is 0. The van der Waals surface area contributed by atoms with Gasteiger partial charge < -0.3 is 14.2 Å². The van der Waals surface area contributed by atoms with Gasteiger partial charge >= 0.3 is 17.9 Å². The second-order valence-corrected chi connectivity index (χ2v) is 17.8. The van der Waals surface area contributed by atoms with E-state index in [4.69, 9.17) is 14.2 Å². The van der Waals surface area contributed by atoms with Crippen LogP contribution in [0.15, 0.2) is 36.5 Å². The number of rotatable bonds is 48. The molecule has 0 aliphatic carbocycles. The molecule has 0 N–H and O–H groups in total. The van der Waals surface area contributed by atoms with Crippen LogP contribution in [0.4, 0.5) is 0 Å². The first-order valence-corrected chi connectivity index (χ1v) is 26.5. The highest BCUT2D eigenvalue weighted by atomic mass is 16.6. The topological polar surface area (TPSA) is 78.9 Å². The Balaban J connectivity index is 4.36. The molecule has 0 aliphatic rings. The van der Waals surface area contributed by atoms with Crippen molar-refractivity contribution >= 4 is 17.9 Å². The van der Waals surface area contributed by atoms with E-state index < -0.39 is 6.10 Å². The smallest absolute Gasteiger partial charge is 0.306 e. The molecule has 6 heteroatoms. The van der Waals surface area contributed by atoms with Crippen molar-refractivity contribution in [3.8, 4) is 0 Å². The minimum atomic E-state index is -0.777. The van der Waals surface area contributed by atoms with E-state index in [1.165, 1.54) is 154 Å². The first-order valence-electron chi connectivity index (χ1n) is 26.5. The maximum absolute atomic E-state index is 12.8. The molecule has 0 aliphatic heterocycles.